The quantitative estimate of drug-likeness (QED) is 0.758. The highest BCUT2D eigenvalue weighted by molar-refractivity contribution is 5.43. The van der Waals surface area contributed by atoms with Crippen LogP contribution in [0.4, 0.5) is 0 Å². The topological polar surface area (TPSA) is 57.4 Å². The first-order chi connectivity index (χ1) is 9.83. The van der Waals surface area contributed by atoms with Gasteiger partial charge in [-0.1, -0.05) is 29.4 Å². The number of nitrogens with zero attached hydrogens (tertiary/aromatic N) is 2. The summed E-state index contributed by atoms with van der Waals surface area (Å²) < 4.78 is 16.2. The normalized spacial score (nSPS) is 17.1. The van der Waals surface area contributed by atoms with Crippen molar-refractivity contribution >= 4 is 0 Å². The Balaban J connectivity index is 1.78. The van der Waals surface area contributed by atoms with E-state index in [4.69, 9.17) is 14.0 Å². The minimum atomic E-state index is -0.568. The Morgan fingerprint density at radius 3 is 2.70 bits per heavy atom. The van der Waals surface area contributed by atoms with E-state index in [0.717, 1.165) is 6.42 Å². The van der Waals surface area contributed by atoms with Crippen LogP contribution in [-0.4, -0.2) is 23.4 Å². The van der Waals surface area contributed by atoms with Crippen molar-refractivity contribution in [2.45, 2.75) is 32.5 Å². The maximum absolute atomic E-state index is 5.46. The molecule has 5 nitrogen and oxygen atoms in total. The zero-order valence-electron chi connectivity index (χ0n) is 11.7. The van der Waals surface area contributed by atoms with Crippen molar-refractivity contribution in [3.63, 3.8) is 0 Å². The van der Waals surface area contributed by atoms with Crippen molar-refractivity contribution in [3.05, 3.63) is 47.1 Å². The molecule has 0 bridgehead atoms. The van der Waals surface area contributed by atoms with Gasteiger partial charge in [0, 0.05) is 13.2 Å². The predicted molar refractivity (Wildman–Crippen MR) is 72.3 cm³/mol. The average Bonchev–Trinajstić information content (AvgIpc) is 2.89. The molecule has 0 fully saturated rings. The Morgan fingerprint density at radius 2 is 2.00 bits per heavy atom. The zero-order chi connectivity index (χ0) is 13.9. The van der Waals surface area contributed by atoms with Crippen LogP contribution >= 0.6 is 0 Å². The van der Waals surface area contributed by atoms with Crippen molar-refractivity contribution in [3.8, 4) is 0 Å². The number of benzene rings is 1. The fourth-order valence-electron chi connectivity index (χ4n) is 2.47. The minimum Gasteiger partial charge on any atom is -0.345 e. The molecule has 1 atom stereocenters. The van der Waals surface area contributed by atoms with E-state index < -0.39 is 6.29 Å². The standard InChI is InChI=1S/C15H18N2O3/c1-3-18-15(19-4-2)14-16-13(17-20-14)12-9-10-7-5-6-8-11(10)12/h5-8,12,15H,3-4,9H2,1-2H3. The van der Waals surface area contributed by atoms with Gasteiger partial charge in [0.15, 0.2) is 5.82 Å². The zero-order valence-corrected chi connectivity index (χ0v) is 11.7. The summed E-state index contributed by atoms with van der Waals surface area (Å²) in [5.74, 6) is 1.34. The molecule has 0 N–H and O–H groups in total. The van der Waals surface area contributed by atoms with Gasteiger partial charge in [-0.25, -0.2) is 0 Å². The Labute approximate surface area is 117 Å². The van der Waals surface area contributed by atoms with Gasteiger partial charge in [0.25, 0.3) is 5.89 Å². The van der Waals surface area contributed by atoms with Gasteiger partial charge in [0.05, 0.1) is 5.92 Å². The molecular formula is C15H18N2O3. The van der Waals surface area contributed by atoms with E-state index in [2.05, 4.69) is 28.3 Å². The second kappa shape index (κ2) is 5.73. The molecule has 0 saturated carbocycles. The highest BCUT2D eigenvalue weighted by Crippen LogP contribution is 2.38. The highest BCUT2D eigenvalue weighted by atomic mass is 16.7. The molecule has 1 unspecified atom stereocenters. The molecule has 2 aromatic rings. The van der Waals surface area contributed by atoms with Gasteiger partial charge in [0.1, 0.15) is 0 Å². The summed E-state index contributed by atoms with van der Waals surface area (Å²) in [7, 11) is 0. The van der Waals surface area contributed by atoms with Crippen molar-refractivity contribution in [2.24, 2.45) is 0 Å². The number of fused-ring (bicyclic) bond motifs is 1. The third-order valence-electron chi connectivity index (χ3n) is 3.46. The first-order valence-electron chi connectivity index (χ1n) is 6.98. The van der Waals surface area contributed by atoms with Crippen LogP contribution in [0, 0.1) is 0 Å². The van der Waals surface area contributed by atoms with Gasteiger partial charge in [-0.3, -0.25) is 0 Å². The van der Waals surface area contributed by atoms with Crippen LogP contribution in [-0.2, 0) is 15.9 Å². The molecular weight excluding hydrogens is 256 g/mol. The number of hydrogen-bond acceptors (Lipinski definition) is 5. The van der Waals surface area contributed by atoms with Crippen LogP contribution in [0.15, 0.2) is 28.8 Å². The summed E-state index contributed by atoms with van der Waals surface area (Å²) in [5, 5.41) is 4.08. The first-order valence-corrected chi connectivity index (χ1v) is 6.98. The Kier molecular flexibility index (Phi) is 3.80. The summed E-state index contributed by atoms with van der Waals surface area (Å²) >= 11 is 0. The Bertz CT molecular complexity index is 576. The van der Waals surface area contributed by atoms with Gasteiger partial charge in [0.2, 0.25) is 6.29 Å². The maximum Gasteiger partial charge on any atom is 0.283 e. The molecule has 0 radical (unpaired) electrons. The molecule has 0 saturated heterocycles. The lowest BCUT2D eigenvalue weighted by molar-refractivity contribution is -0.155. The summed E-state index contributed by atoms with van der Waals surface area (Å²) in [6.07, 6.45) is 0.393. The van der Waals surface area contributed by atoms with Gasteiger partial charge in [-0.2, -0.15) is 4.98 Å². The van der Waals surface area contributed by atoms with Gasteiger partial charge in [-0.05, 0) is 31.4 Å². The van der Waals surface area contributed by atoms with Gasteiger partial charge in [-0.15, -0.1) is 0 Å². The number of rotatable bonds is 6. The lowest BCUT2D eigenvalue weighted by Gasteiger charge is -2.27. The molecule has 1 aliphatic carbocycles. The van der Waals surface area contributed by atoms with Crippen molar-refractivity contribution in [2.75, 3.05) is 13.2 Å². The van der Waals surface area contributed by atoms with Crippen LogP contribution < -0.4 is 0 Å². The third kappa shape index (κ3) is 2.34. The lowest BCUT2D eigenvalue weighted by Crippen LogP contribution is -2.19. The van der Waals surface area contributed by atoms with Crippen molar-refractivity contribution in [1.29, 1.82) is 0 Å². The van der Waals surface area contributed by atoms with Crippen LogP contribution in [0.1, 0.15) is 48.9 Å². The Morgan fingerprint density at radius 1 is 1.25 bits per heavy atom. The monoisotopic (exact) mass is 274 g/mol. The summed E-state index contributed by atoms with van der Waals surface area (Å²) in [4.78, 5) is 4.44. The summed E-state index contributed by atoms with van der Waals surface area (Å²) in [6.45, 7) is 4.89. The predicted octanol–water partition coefficient (Wildman–Crippen LogP) is 2.83. The van der Waals surface area contributed by atoms with Crippen LogP contribution in [0.5, 0.6) is 0 Å². The molecule has 0 amide bonds. The largest absolute Gasteiger partial charge is 0.345 e. The molecule has 0 aliphatic heterocycles. The van der Waals surface area contributed by atoms with Gasteiger partial charge < -0.3 is 14.0 Å². The van der Waals surface area contributed by atoms with E-state index in [-0.39, 0.29) is 5.92 Å². The van der Waals surface area contributed by atoms with E-state index in [9.17, 15) is 0 Å². The molecule has 3 rings (SSSR count). The fourth-order valence-corrected chi connectivity index (χ4v) is 2.47. The van der Waals surface area contributed by atoms with Crippen LogP contribution in [0.3, 0.4) is 0 Å². The molecule has 1 aromatic heterocycles. The minimum absolute atomic E-state index is 0.229. The molecule has 1 heterocycles. The fraction of sp³-hybridized carbons (Fsp3) is 0.467. The van der Waals surface area contributed by atoms with Gasteiger partial charge >= 0.3 is 0 Å². The first kappa shape index (κ1) is 13.3. The highest BCUT2D eigenvalue weighted by Gasteiger charge is 2.32. The van der Waals surface area contributed by atoms with E-state index >= 15 is 0 Å². The molecule has 0 spiro atoms. The maximum atomic E-state index is 5.46. The molecule has 106 valence electrons. The van der Waals surface area contributed by atoms with Crippen molar-refractivity contribution in [1.82, 2.24) is 10.1 Å². The SMILES string of the molecule is CCOC(OCC)c1nc(C2Cc3ccccc32)no1. The number of ether oxygens (including phenoxy) is 2. The summed E-state index contributed by atoms with van der Waals surface area (Å²) in [5.41, 5.74) is 2.64. The van der Waals surface area contributed by atoms with E-state index in [1.807, 2.05) is 19.9 Å². The van der Waals surface area contributed by atoms with Crippen molar-refractivity contribution < 1.29 is 14.0 Å². The lowest BCUT2D eigenvalue weighted by atomic mass is 9.77. The number of aromatic nitrogens is 2. The van der Waals surface area contributed by atoms with E-state index in [1.165, 1.54) is 11.1 Å². The molecule has 1 aliphatic rings. The summed E-state index contributed by atoms with van der Waals surface area (Å²) in [6, 6.07) is 8.34. The Hall–Kier alpha value is -1.72. The average molecular weight is 274 g/mol. The second-order valence-electron chi connectivity index (χ2n) is 4.69. The van der Waals surface area contributed by atoms with Crippen LogP contribution in [0.2, 0.25) is 0 Å². The van der Waals surface area contributed by atoms with E-state index in [1.54, 1.807) is 0 Å². The second-order valence-corrected chi connectivity index (χ2v) is 4.69. The molecule has 1 aromatic carbocycles. The molecule has 5 heteroatoms. The molecule has 20 heavy (non-hydrogen) atoms. The number of hydrogen-bond donors (Lipinski definition) is 0. The van der Waals surface area contributed by atoms with E-state index in [0.29, 0.717) is 24.9 Å². The third-order valence-corrected chi connectivity index (χ3v) is 3.46. The van der Waals surface area contributed by atoms with Crippen LogP contribution in [0.25, 0.3) is 0 Å². The smallest absolute Gasteiger partial charge is 0.283 e.